The van der Waals surface area contributed by atoms with Crippen molar-refractivity contribution in [2.24, 2.45) is 0 Å². The van der Waals surface area contributed by atoms with Gasteiger partial charge in [-0.1, -0.05) is 24.3 Å². The average Bonchev–Trinajstić information content (AvgIpc) is 2.74. The van der Waals surface area contributed by atoms with E-state index < -0.39 is 5.91 Å². The Morgan fingerprint density at radius 3 is 2.39 bits per heavy atom. The second-order valence-electron chi connectivity index (χ2n) is 5.82. The number of carbonyl (C=O) groups excluding carboxylic acids is 2. The molecular weight excluding hydrogens is 354 g/mol. The van der Waals surface area contributed by atoms with Crippen LogP contribution in [0.5, 0.6) is 11.5 Å². The molecule has 0 atom stereocenters. The topological polar surface area (TPSA) is 80.3 Å². The van der Waals surface area contributed by atoms with Gasteiger partial charge < -0.3 is 15.4 Å². The third-order valence-electron chi connectivity index (χ3n) is 3.75. The maximum Gasteiger partial charge on any atom is 0.274 e. The van der Waals surface area contributed by atoms with Crippen molar-refractivity contribution >= 4 is 17.5 Å². The van der Waals surface area contributed by atoms with Crippen LogP contribution in [-0.4, -0.2) is 23.3 Å². The van der Waals surface area contributed by atoms with Crippen LogP contribution in [0.4, 0.5) is 5.69 Å². The molecule has 2 amide bonds. The van der Waals surface area contributed by atoms with Crippen molar-refractivity contribution in [1.29, 1.82) is 0 Å². The summed E-state index contributed by atoms with van der Waals surface area (Å²) >= 11 is 0. The van der Waals surface area contributed by atoms with Crippen LogP contribution in [0.3, 0.4) is 0 Å². The number of hydrogen-bond acceptors (Lipinski definition) is 4. The van der Waals surface area contributed by atoms with Crippen molar-refractivity contribution < 1.29 is 14.3 Å². The van der Waals surface area contributed by atoms with Crippen molar-refractivity contribution in [3.05, 3.63) is 96.8 Å². The standard InChI is InChI=1S/C22H19N3O3/c1-2-13-24-21(26)16-12-14-23-20(15-16)22(27)25-17-8-10-19(11-9-17)28-18-6-4-3-5-7-18/h2-12,14-15H,1,13H2,(H,24,26)(H,25,27). The van der Waals surface area contributed by atoms with Crippen LogP contribution >= 0.6 is 0 Å². The number of benzene rings is 2. The Balaban J connectivity index is 1.64. The minimum absolute atomic E-state index is 0.149. The zero-order chi connectivity index (χ0) is 19.8. The van der Waals surface area contributed by atoms with Gasteiger partial charge in [0.15, 0.2) is 0 Å². The number of pyridine rings is 1. The van der Waals surface area contributed by atoms with Crippen molar-refractivity contribution in [1.82, 2.24) is 10.3 Å². The highest BCUT2D eigenvalue weighted by molar-refractivity contribution is 6.04. The Morgan fingerprint density at radius 2 is 1.68 bits per heavy atom. The van der Waals surface area contributed by atoms with Gasteiger partial charge in [0.2, 0.25) is 0 Å². The van der Waals surface area contributed by atoms with Gasteiger partial charge in [0.05, 0.1) is 0 Å². The number of carbonyl (C=O) groups is 2. The van der Waals surface area contributed by atoms with Crippen LogP contribution in [0.1, 0.15) is 20.8 Å². The van der Waals surface area contributed by atoms with Crippen LogP contribution < -0.4 is 15.4 Å². The molecule has 2 aromatic carbocycles. The van der Waals surface area contributed by atoms with E-state index in [9.17, 15) is 9.59 Å². The zero-order valence-electron chi connectivity index (χ0n) is 15.1. The molecule has 0 bridgehead atoms. The van der Waals surface area contributed by atoms with Crippen molar-refractivity contribution in [2.75, 3.05) is 11.9 Å². The molecule has 0 saturated carbocycles. The lowest BCUT2D eigenvalue weighted by molar-refractivity contribution is 0.0958. The molecule has 28 heavy (non-hydrogen) atoms. The van der Waals surface area contributed by atoms with E-state index >= 15 is 0 Å². The van der Waals surface area contributed by atoms with Crippen LogP contribution in [-0.2, 0) is 0 Å². The van der Waals surface area contributed by atoms with Gasteiger partial charge in [-0.05, 0) is 48.5 Å². The second kappa shape index (κ2) is 9.14. The molecule has 0 aliphatic heterocycles. The molecule has 0 saturated heterocycles. The van der Waals surface area contributed by atoms with Gasteiger partial charge in [-0.3, -0.25) is 14.6 Å². The predicted molar refractivity (Wildman–Crippen MR) is 108 cm³/mol. The first-order valence-electron chi connectivity index (χ1n) is 8.65. The molecule has 6 nitrogen and oxygen atoms in total. The van der Waals surface area contributed by atoms with E-state index in [1.807, 2.05) is 30.3 Å². The van der Waals surface area contributed by atoms with E-state index in [1.165, 1.54) is 12.3 Å². The Labute approximate surface area is 162 Å². The maximum atomic E-state index is 12.4. The second-order valence-corrected chi connectivity index (χ2v) is 5.82. The third-order valence-corrected chi connectivity index (χ3v) is 3.75. The molecule has 0 fully saturated rings. The van der Waals surface area contributed by atoms with Gasteiger partial charge >= 0.3 is 0 Å². The monoisotopic (exact) mass is 373 g/mol. The number of ether oxygens (including phenoxy) is 1. The maximum absolute atomic E-state index is 12.4. The van der Waals surface area contributed by atoms with E-state index in [0.29, 0.717) is 23.5 Å². The van der Waals surface area contributed by atoms with E-state index in [-0.39, 0.29) is 11.6 Å². The van der Waals surface area contributed by atoms with Gasteiger partial charge in [-0.15, -0.1) is 6.58 Å². The molecule has 6 heteroatoms. The SMILES string of the molecule is C=CCNC(=O)c1ccnc(C(=O)Nc2ccc(Oc3ccccc3)cc2)c1. The first-order valence-corrected chi connectivity index (χ1v) is 8.65. The number of para-hydroxylation sites is 1. The Kier molecular flexibility index (Phi) is 6.15. The van der Waals surface area contributed by atoms with Crippen molar-refractivity contribution in [2.45, 2.75) is 0 Å². The summed E-state index contributed by atoms with van der Waals surface area (Å²) in [5.74, 6) is 0.687. The number of aromatic nitrogens is 1. The van der Waals surface area contributed by atoms with Gasteiger partial charge in [0.25, 0.3) is 11.8 Å². The molecule has 0 spiro atoms. The third kappa shape index (κ3) is 5.04. The summed E-state index contributed by atoms with van der Waals surface area (Å²) < 4.78 is 5.72. The molecule has 3 rings (SSSR count). The first kappa shape index (κ1) is 18.8. The van der Waals surface area contributed by atoms with E-state index in [4.69, 9.17) is 4.74 Å². The summed E-state index contributed by atoms with van der Waals surface area (Å²) in [6, 6.07) is 19.4. The van der Waals surface area contributed by atoms with Crippen LogP contribution in [0.15, 0.2) is 85.6 Å². The quantitative estimate of drug-likeness (QED) is 0.613. The van der Waals surface area contributed by atoms with Crippen molar-refractivity contribution in [3.63, 3.8) is 0 Å². The molecule has 0 aliphatic rings. The summed E-state index contributed by atoms with van der Waals surface area (Å²) in [4.78, 5) is 28.5. The lowest BCUT2D eigenvalue weighted by atomic mass is 10.2. The molecule has 0 unspecified atom stereocenters. The van der Waals surface area contributed by atoms with Crippen molar-refractivity contribution in [3.8, 4) is 11.5 Å². The molecule has 0 aliphatic carbocycles. The highest BCUT2D eigenvalue weighted by atomic mass is 16.5. The number of hydrogen-bond donors (Lipinski definition) is 2. The Hall–Kier alpha value is -3.93. The minimum Gasteiger partial charge on any atom is -0.457 e. The fourth-order valence-corrected chi connectivity index (χ4v) is 2.39. The number of amides is 2. The van der Waals surface area contributed by atoms with E-state index in [1.54, 1.807) is 36.4 Å². The van der Waals surface area contributed by atoms with Crippen LogP contribution in [0.2, 0.25) is 0 Å². The molecule has 3 aromatic rings. The molecule has 0 radical (unpaired) electrons. The fraction of sp³-hybridized carbons (Fsp3) is 0.0455. The summed E-state index contributed by atoms with van der Waals surface area (Å²) in [5.41, 5.74) is 1.10. The lowest BCUT2D eigenvalue weighted by Crippen LogP contribution is -2.24. The number of rotatable bonds is 7. The number of nitrogens with zero attached hydrogens (tertiary/aromatic N) is 1. The summed E-state index contributed by atoms with van der Waals surface area (Å²) in [5, 5.41) is 5.41. The smallest absolute Gasteiger partial charge is 0.274 e. The molecule has 2 N–H and O–H groups in total. The zero-order valence-corrected chi connectivity index (χ0v) is 15.1. The predicted octanol–water partition coefficient (Wildman–Crippen LogP) is 4.04. The van der Waals surface area contributed by atoms with Gasteiger partial charge in [0.1, 0.15) is 17.2 Å². The van der Waals surface area contributed by atoms with Crippen LogP contribution in [0.25, 0.3) is 0 Å². The summed E-state index contributed by atoms with van der Waals surface area (Å²) in [7, 11) is 0. The molecular formula is C22H19N3O3. The molecule has 140 valence electrons. The highest BCUT2D eigenvalue weighted by Crippen LogP contribution is 2.22. The summed E-state index contributed by atoms with van der Waals surface area (Å²) in [6.07, 6.45) is 3.01. The number of anilines is 1. The largest absolute Gasteiger partial charge is 0.457 e. The minimum atomic E-state index is -0.407. The van der Waals surface area contributed by atoms with Crippen LogP contribution in [0, 0.1) is 0 Å². The van der Waals surface area contributed by atoms with E-state index in [2.05, 4.69) is 22.2 Å². The first-order chi connectivity index (χ1) is 13.7. The average molecular weight is 373 g/mol. The lowest BCUT2D eigenvalue weighted by Gasteiger charge is -2.08. The Bertz CT molecular complexity index is 970. The number of nitrogens with one attached hydrogen (secondary N) is 2. The Morgan fingerprint density at radius 1 is 0.964 bits per heavy atom. The van der Waals surface area contributed by atoms with Gasteiger partial charge in [-0.25, -0.2) is 0 Å². The van der Waals surface area contributed by atoms with E-state index in [0.717, 1.165) is 5.75 Å². The normalized spacial score (nSPS) is 10.0. The highest BCUT2D eigenvalue weighted by Gasteiger charge is 2.12. The summed E-state index contributed by atoms with van der Waals surface area (Å²) in [6.45, 7) is 3.90. The fourth-order valence-electron chi connectivity index (χ4n) is 2.39. The van der Waals surface area contributed by atoms with Gasteiger partial charge in [-0.2, -0.15) is 0 Å². The van der Waals surface area contributed by atoms with Gasteiger partial charge in [0, 0.05) is 24.0 Å². The molecule has 1 heterocycles. The molecule has 1 aromatic heterocycles.